The highest BCUT2D eigenvalue weighted by Gasteiger charge is 2.55. The van der Waals surface area contributed by atoms with Crippen molar-refractivity contribution in [3.05, 3.63) is 29.3 Å². The van der Waals surface area contributed by atoms with Crippen molar-refractivity contribution in [1.82, 2.24) is 0 Å². The Kier molecular flexibility index (Phi) is 3.22. The predicted molar refractivity (Wildman–Crippen MR) is 82.7 cm³/mol. The minimum absolute atomic E-state index is 0.277. The largest absolute Gasteiger partial charge is 0.490 e. The van der Waals surface area contributed by atoms with Crippen LogP contribution < -0.4 is 4.74 Å². The molecule has 1 aromatic carbocycles. The fourth-order valence-corrected chi connectivity index (χ4v) is 5.02. The molecule has 0 saturated heterocycles. The van der Waals surface area contributed by atoms with E-state index in [1.807, 2.05) is 0 Å². The van der Waals surface area contributed by atoms with Gasteiger partial charge in [-0.25, -0.2) is 0 Å². The molecule has 3 aliphatic carbocycles. The number of aryl methyl sites for hydroxylation is 2. The number of ether oxygens (including phenoxy) is 1. The maximum Gasteiger partial charge on any atom is 0.120 e. The summed E-state index contributed by atoms with van der Waals surface area (Å²) in [5, 5.41) is 0.335. The van der Waals surface area contributed by atoms with Gasteiger partial charge in [-0.05, 0) is 55.4 Å². The second-order valence-electron chi connectivity index (χ2n) is 6.89. The quantitative estimate of drug-likeness (QED) is 0.705. The Labute approximate surface area is 126 Å². The lowest BCUT2D eigenvalue weighted by Gasteiger charge is -2.55. The Balaban J connectivity index is 1.51. The third kappa shape index (κ3) is 1.97. The van der Waals surface area contributed by atoms with Crippen molar-refractivity contribution < 1.29 is 4.74 Å². The van der Waals surface area contributed by atoms with E-state index in [1.165, 1.54) is 62.5 Å². The van der Waals surface area contributed by atoms with Crippen LogP contribution in [0.2, 0.25) is 0 Å². The smallest absolute Gasteiger partial charge is 0.120 e. The van der Waals surface area contributed by atoms with Crippen LogP contribution in [-0.2, 0) is 12.8 Å². The molecule has 2 unspecified atom stereocenters. The van der Waals surface area contributed by atoms with E-state index in [0.29, 0.717) is 11.5 Å². The number of benzene rings is 1. The van der Waals surface area contributed by atoms with Crippen LogP contribution in [0, 0.1) is 5.41 Å². The van der Waals surface area contributed by atoms with Crippen molar-refractivity contribution in [2.24, 2.45) is 5.41 Å². The average molecular weight is 291 g/mol. The van der Waals surface area contributed by atoms with Gasteiger partial charge < -0.3 is 4.74 Å². The first-order chi connectivity index (χ1) is 9.78. The molecule has 0 amide bonds. The molecule has 0 bridgehead atoms. The van der Waals surface area contributed by atoms with Crippen LogP contribution in [0.4, 0.5) is 0 Å². The molecule has 2 heteroatoms. The third-order valence-electron chi connectivity index (χ3n) is 5.82. The topological polar surface area (TPSA) is 9.23 Å². The van der Waals surface area contributed by atoms with E-state index in [1.54, 1.807) is 0 Å². The molecule has 0 aliphatic heterocycles. The summed E-state index contributed by atoms with van der Waals surface area (Å²) in [7, 11) is 0. The zero-order valence-electron chi connectivity index (χ0n) is 12.0. The summed E-state index contributed by atoms with van der Waals surface area (Å²) >= 11 is 6.56. The first kappa shape index (κ1) is 13.0. The number of rotatable bonds is 2. The van der Waals surface area contributed by atoms with Crippen molar-refractivity contribution >= 4 is 11.6 Å². The molecule has 1 nitrogen and oxygen atoms in total. The van der Waals surface area contributed by atoms with E-state index >= 15 is 0 Å². The summed E-state index contributed by atoms with van der Waals surface area (Å²) in [6.07, 6.45) is 11.7. The molecule has 3 aliphatic rings. The van der Waals surface area contributed by atoms with Crippen molar-refractivity contribution in [2.45, 2.75) is 69.3 Å². The van der Waals surface area contributed by atoms with Gasteiger partial charge in [0.15, 0.2) is 0 Å². The van der Waals surface area contributed by atoms with E-state index in [4.69, 9.17) is 16.3 Å². The molecule has 0 radical (unpaired) electrons. The standard InChI is InChI=1S/C18H23ClO/c19-16-12-17(18(16)9-2-1-3-10-18)20-15-8-7-13-5-4-6-14(13)11-15/h7-8,11,16-17H,1-6,9-10,12H2. The summed E-state index contributed by atoms with van der Waals surface area (Å²) in [5.41, 5.74) is 3.30. The van der Waals surface area contributed by atoms with Gasteiger partial charge in [-0.2, -0.15) is 0 Å². The highest BCUT2D eigenvalue weighted by atomic mass is 35.5. The van der Waals surface area contributed by atoms with Gasteiger partial charge in [-0.3, -0.25) is 0 Å². The maximum absolute atomic E-state index is 6.56. The predicted octanol–water partition coefficient (Wildman–Crippen LogP) is 4.88. The molecule has 1 aromatic rings. The van der Waals surface area contributed by atoms with Crippen LogP contribution in [0.3, 0.4) is 0 Å². The lowest BCUT2D eigenvalue weighted by Crippen LogP contribution is -2.58. The lowest BCUT2D eigenvalue weighted by molar-refractivity contribution is -0.0650. The van der Waals surface area contributed by atoms with E-state index in [9.17, 15) is 0 Å². The van der Waals surface area contributed by atoms with E-state index in [0.717, 1.165) is 12.2 Å². The van der Waals surface area contributed by atoms with Gasteiger partial charge in [0, 0.05) is 17.2 Å². The van der Waals surface area contributed by atoms with Gasteiger partial charge in [0.25, 0.3) is 0 Å². The number of hydrogen-bond acceptors (Lipinski definition) is 1. The van der Waals surface area contributed by atoms with Gasteiger partial charge in [-0.15, -0.1) is 11.6 Å². The number of hydrogen-bond donors (Lipinski definition) is 0. The summed E-state index contributed by atoms with van der Waals surface area (Å²) in [4.78, 5) is 0. The first-order valence-corrected chi connectivity index (χ1v) is 8.64. The molecule has 0 aromatic heterocycles. The Bertz CT molecular complexity index is 504. The highest BCUT2D eigenvalue weighted by Crippen LogP contribution is 2.55. The van der Waals surface area contributed by atoms with Gasteiger partial charge >= 0.3 is 0 Å². The Morgan fingerprint density at radius 3 is 2.60 bits per heavy atom. The molecule has 20 heavy (non-hydrogen) atoms. The number of halogens is 1. The second-order valence-corrected chi connectivity index (χ2v) is 7.41. The average Bonchev–Trinajstić information content (AvgIpc) is 2.95. The Hall–Kier alpha value is -0.690. The van der Waals surface area contributed by atoms with Crippen LogP contribution in [0.5, 0.6) is 5.75 Å². The Morgan fingerprint density at radius 1 is 1.00 bits per heavy atom. The van der Waals surface area contributed by atoms with Crippen LogP contribution >= 0.6 is 11.6 Å². The van der Waals surface area contributed by atoms with Gasteiger partial charge in [0.2, 0.25) is 0 Å². The normalized spacial score (nSPS) is 30.9. The fourth-order valence-electron chi connectivity index (χ4n) is 4.50. The van der Waals surface area contributed by atoms with Crippen LogP contribution in [-0.4, -0.2) is 11.5 Å². The van der Waals surface area contributed by atoms with Gasteiger partial charge in [-0.1, -0.05) is 25.3 Å². The monoisotopic (exact) mass is 290 g/mol. The molecular formula is C18H23ClO. The van der Waals surface area contributed by atoms with Crippen molar-refractivity contribution in [1.29, 1.82) is 0 Å². The highest BCUT2D eigenvalue weighted by molar-refractivity contribution is 6.21. The molecular weight excluding hydrogens is 268 g/mol. The molecule has 108 valence electrons. The van der Waals surface area contributed by atoms with E-state index in [-0.39, 0.29) is 5.41 Å². The molecule has 1 spiro atoms. The lowest BCUT2D eigenvalue weighted by atomic mass is 9.58. The van der Waals surface area contributed by atoms with Crippen LogP contribution in [0.1, 0.15) is 56.1 Å². The minimum Gasteiger partial charge on any atom is -0.490 e. The van der Waals surface area contributed by atoms with Gasteiger partial charge in [0.05, 0.1) is 0 Å². The molecule has 2 fully saturated rings. The zero-order chi connectivity index (χ0) is 13.6. The molecule has 0 N–H and O–H groups in total. The minimum atomic E-state index is 0.277. The van der Waals surface area contributed by atoms with Gasteiger partial charge in [0.1, 0.15) is 11.9 Å². The molecule has 0 heterocycles. The second kappa shape index (κ2) is 4.94. The summed E-state index contributed by atoms with van der Waals surface area (Å²) in [5.74, 6) is 1.07. The maximum atomic E-state index is 6.56. The third-order valence-corrected chi connectivity index (χ3v) is 6.43. The summed E-state index contributed by atoms with van der Waals surface area (Å²) in [6, 6.07) is 6.71. The zero-order valence-corrected chi connectivity index (χ0v) is 12.8. The summed E-state index contributed by atoms with van der Waals surface area (Å²) < 4.78 is 6.35. The van der Waals surface area contributed by atoms with Crippen LogP contribution in [0.25, 0.3) is 0 Å². The first-order valence-electron chi connectivity index (χ1n) is 8.20. The van der Waals surface area contributed by atoms with E-state index < -0.39 is 0 Å². The molecule has 2 saturated carbocycles. The van der Waals surface area contributed by atoms with Crippen molar-refractivity contribution in [2.75, 3.05) is 0 Å². The van der Waals surface area contributed by atoms with E-state index in [2.05, 4.69) is 18.2 Å². The molecule has 2 atom stereocenters. The SMILES string of the molecule is ClC1CC(Oc2ccc3c(c2)CCC3)C12CCCCC2. The van der Waals surface area contributed by atoms with Crippen molar-refractivity contribution in [3.63, 3.8) is 0 Å². The van der Waals surface area contributed by atoms with Crippen molar-refractivity contribution in [3.8, 4) is 5.75 Å². The van der Waals surface area contributed by atoms with Crippen LogP contribution in [0.15, 0.2) is 18.2 Å². The number of alkyl halides is 1. The Morgan fingerprint density at radius 2 is 1.80 bits per heavy atom. The number of fused-ring (bicyclic) bond motifs is 1. The molecule has 4 rings (SSSR count). The fraction of sp³-hybridized carbons (Fsp3) is 0.667. The summed E-state index contributed by atoms with van der Waals surface area (Å²) in [6.45, 7) is 0.